The number of hydrogen-bond donors (Lipinski definition) is 2. The Bertz CT molecular complexity index is 454. The third kappa shape index (κ3) is 1.84. The summed E-state index contributed by atoms with van der Waals surface area (Å²) in [6, 6.07) is 4.19. The van der Waals surface area contributed by atoms with Crippen molar-refractivity contribution in [1.29, 1.82) is 0 Å². The van der Waals surface area contributed by atoms with Crippen molar-refractivity contribution in [3.05, 3.63) is 41.0 Å². The molecule has 3 N–H and O–H groups in total. The van der Waals surface area contributed by atoms with Crippen LogP contribution in [0.1, 0.15) is 23.0 Å². The van der Waals surface area contributed by atoms with Crippen LogP contribution in [-0.2, 0) is 0 Å². The number of aromatic amines is 1. The summed E-state index contributed by atoms with van der Waals surface area (Å²) in [5, 5.41) is 13.3. The second kappa shape index (κ2) is 3.74. The Morgan fingerprint density at radius 2 is 2.27 bits per heavy atom. The van der Waals surface area contributed by atoms with Gasteiger partial charge < -0.3 is 5.73 Å². The number of tetrazole rings is 1. The molecule has 6 heteroatoms. The van der Waals surface area contributed by atoms with Crippen LogP contribution < -0.4 is 5.73 Å². The van der Waals surface area contributed by atoms with Crippen molar-refractivity contribution in [3.63, 3.8) is 0 Å². The highest BCUT2D eigenvalue weighted by Crippen LogP contribution is 2.18. The summed E-state index contributed by atoms with van der Waals surface area (Å²) in [6.07, 6.45) is 0. The van der Waals surface area contributed by atoms with Crippen LogP contribution in [0.4, 0.5) is 4.39 Å². The van der Waals surface area contributed by atoms with Crippen LogP contribution in [0.2, 0.25) is 0 Å². The zero-order valence-corrected chi connectivity index (χ0v) is 8.11. The first kappa shape index (κ1) is 9.72. The Kier molecular flexibility index (Phi) is 2.42. The minimum atomic E-state index is -0.483. The summed E-state index contributed by atoms with van der Waals surface area (Å²) >= 11 is 0. The van der Waals surface area contributed by atoms with E-state index in [1.807, 2.05) is 0 Å². The van der Waals surface area contributed by atoms with E-state index >= 15 is 0 Å². The molecule has 1 atom stereocenters. The number of hydrogen-bond acceptors (Lipinski definition) is 4. The number of rotatable bonds is 2. The van der Waals surface area contributed by atoms with Gasteiger partial charge in [0.1, 0.15) is 5.82 Å². The Hall–Kier alpha value is -1.82. The first-order valence-electron chi connectivity index (χ1n) is 4.43. The van der Waals surface area contributed by atoms with Gasteiger partial charge in [-0.1, -0.05) is 17.3 Å². The van der Waals surface area contributed by atoms with Crippen molar-refractivity contribution in [1.82, 2.24) is 20.6 Å². The summed E-state index contributed by atoms with van der Waals surface area (Å²) in [7, 11) is 0. The van der Waals surface area contributed by atoms with Gasteiger partial charge in [-0.05, 0) is 24.1 Å². The molecule has 0 bridgehead atoms. The predicted octanol–water partition coefficient (Wildman–Crippen LogP) is 0.695. The molecule has 0 saturated carbocycles. The fourth-order valence-electron chi connectivity index (χ4n) is 1.31. The van der Waals surface area contributed by atoms with Crippen molar-refractivity contribution in [2.45, 2.75) is 13.0 Å². The fraction of sp³-hybridized carbons (Fsp3) is 0.222. The molecule has 2 aromatic rings. The van der Waals surface area contributed by atoms with Crippen LogP contribution in [-0.4, -0.2) is 20.6 Å². The van der Waals surface area contributed by atoms with Crippen LogP contribution in [0.3, 0.4) is 0 Å². The number of H-pyrrole nitrogens is 1. The third-order valence-corrected chi connectivity index (χ3v) is 2.18. The Morgan fingerprint density at radius 1 is 1.47 bits per heavy atom. The van der Waals surface area contributed by atoms with Gasteiger partial charge in [0.05, 0.1) is 6.04 Å². The van der Waals surface area contributed by atoms with Gasteiger partial charge in [0.25, 0.3) is 0 Å². The second-order valence-electron chi connectivity index (χ2n) is 3.26. The lowest BCUT2D eigenvalue weighted by molar-refractivity contribution is 0.616. The van der Waals surface area contributed by atoms with Crippen molar-refractivity contribution in [3.8, 4) is 0 Å². The molecule has 0 aliphatic heterocycles. The van der Waals surface area contributed by atoms with E-state index in [4.69, 9.17) is 5.73 Å². The molecule has 0 fully saturated rings. The molecule has 1 aromatic heterocycles. The molecule has 1 unspecified atom stereocenters. The largest absolute Gasteiger partial charge is 0.318 e. The normalized spacial score (nSPS) is 12.7. The Morgan fingerprint density at radius 3 is 2.87 bits per heavy atom. The zero-order chi connectivity index (χ0) is 10.8. The predicted molar refractivity (Wildman–Crippen MR) is 51.3 cm³/mol. The highest BCUT2D eigenvalue weighted by molar-refractivity contribution is 5.29. The maximum absolute atomic E-state index is 13.0. The van der Waals surface area contributed by atoms with Gasteiger partial charge in [-0.25, -0.2) is 4.39 Å². The molecule has 0 radical (unpaired) electrons. The van der Waals surface area contributed by atoms with Gasteiger partial charge in [0.2, 0.25) is 0 Å². The standard InChI is InChI=1S/C9H10FN5/c1-5-4-6(2-3-7(5)10)8(11)9-12-14-15-13-9/h2-4,8H,11H2,1H3,(H,12,13,14,15). The van der Waals surface area contributed by atoms with Crippen LogP contribution in [0.5, 0.6) is 0 Å². The average Bonchev–Trinajstić information content (AvgIpc) is 2.74. The van der Waals surface area contributed by atoms with Gasteiger partial charge in [-0.15, -0.1) is 10.2 Å². The van der Waals surface area contributed by atoms with E-state index in [0.717, 1.165) is 5.56 Å². The Labute approximate surface area is 85.5 Å². The fourth-order valence-corrected chi connectivity index (χ4v) is 1.31. The molecule has 78 valence electrons. The van der Waals surface area contributed by atoms with Crippen LogP contribution in [0.15, 0.2) is 18.2 Å². The first-order valence-corrected chi connectivity index (χ1v) is 4.43. The van der Waals surface area contributed by atoms with Crippen molar-refractivity contribution in [2.24, 2.45) is 5.73 Å². The summed E-state index contributed by atoms with van der Waals surface area (Å²) < 4.78 is 13.0. The topological polar surface area (TPSA) is 80.5 Å². The smallest absolute Gasteiger partial charge is 0.195 e. The molecule has 1 aromatic carbocycles. The van der Waals surface area contributed by atoms with E-state index in [1.165, 1.54) is 6.07 Å². The number of nitrogens with one attached hydrogen (secondary N) is 1. The molecule has 0 aliphatic carbocycles. The molecule has 15 heavy (non-hydrogen) atoms. The van der Waals surface area contributed by atoms with Crippen LogP contribution in [0, 0.1) is 12.7 Å². The van der Waals surface area contributed by atoms with E-state index in [9.17, 15) is 4.39 Å². The molecule has 0 saturated heterocycles. The van der Waals surface area contributed by atoms with Crippen molar-refractivity contribution >= 4 is 0 Å². The van der Waals surface area contributed by atoms with E-state index in [0.29, 0.717) is 11.4 Å². The van der Waals surface area contributed by atoms with Crippen LogP contribution >= 0.6 is 0 Å². The van der Waals surface area contributed by atoms with Gasteiger partial charge in [-0.2, -0.15) is 5.21 Å². The summed E-state index contributed by atoms with van der Waals surface area (Å²) in [6.45, 7) is 1.68. The molecular formula is C9H10FN5. The molecule has 0 amide bonds. The minimum Gasteiger partial charge on any atom is -0.318 e. The molecule has 0 spiro atoms. The van der Waals surface area contributed by atoms with Gasteiger partial charge in [0.15, 0.2) is 5.82 Å². The maximum Gasteiger partial charge on any atom is 0.195 e. The van der Waals surface area contributed by atoms with Gasteiger partial charge >= 0.3 is 0 Å². The highest BCUT2D eigenvalue weighted by Gasteiger charge is 2.14. The van der Waals surface area contributed by atoms with Crippen molar-refractivity contribution in [2.75, 3.05) is 0 Å². The van der Waals surface area contributed by atoms with E-state index in [-0.39, 0.29) is 5.82 Å². The molecule has 0 aliphatic rings. The average molecular weight is 207 g/mol. The minimum absolute atomic E-state index is 0.251. The van der Waals surface area contributed by atoms with Gasteiger partial charge in [0, 0.05) is 0 Å². The molecule has 5 nitrogen and oxygen atoms in total. The first-order chi connectivity index (χ1) is 7.18. The second-order valence-corrected chi connectivity index (χ2v) is 3.26. The third-order valence-electron chi connectivity index (χ3n) is 2.18. The van der Waals surface area contributed by atoms with E-state index in [2.05, 4.69) is 20.6 Å². The monoisotopic (exact) mass is 207 g/mol. The van der Waals surface area contributed by atoms with E-state index < -0.39 is 6.04 Å². The highest BCUT2D eigenvalue weighted by atomic mass is 19.1. The molecular weight excluding hydrogens is 197 g/mol. The number of aromatic nitrogens is 4. The molecule has 2 rings (SSSR count). The number of nitrogens with two attached hydrogens (primary N) is 1. The molecule has 1 heterocycles. The maximum atomic E-state index is 13.0. The van der Waals surface area contributed by atoms with Crippen LogP contribution in [0.25, 0.3) is 0 Å². The summed E-state index contributed by atoms with van der Waals surface area (Å²) in [5.74, 6) is 0.139. The van der Waals surface area contributed by atoms with E-state index in [1.54, 1.807) is 19.1 Å². The van der Waals surface area contributed by atoms with Gasteiger partial charge in [-0.3, -0.25) is 0 Å². The number of benzene rings is 1. The lowest BCUT2D eigenvalue weighted by Gasteiger charge is -2.08. The SMILES string of the molecule is Cc1cc(C(N)c2nn[nH]n2)ccc1F. The lowest BCUT2D eigenvalue weighted by Crippen LogP contribution is -2.14. The Balaban J connectivity index is 2.34. The number of halogens is 1. The zero-order valence-electron chi connectivity index (χ0n) is 8.11. The summed E-state index contributed by atoms with van der Waals surface area (Å²) in [5.41, 5.74) is 7.18. The van der Waals surface area contributed by atoms with Crippen molar-refractivity contribution < 1.29 is 4.39 Å². The lowest BCUT2D eigenvalue weighted by atomic mass is 10.0. The summed E-state index contributed by atoms with van der Waals surface area (Å²) in [4.78, 5) is 0. The number of nitrogens with zero attached hydrogens (tertiary/aromatic N) is 3. The quantitative estimate of drug-likeness (QED) is 0.759. The number of aryl methyl sites for hydroxylation is 1.